The first-order valence-corrected chi connectivity index (χ1v) is 5.34. The fraction of sp³-hybridized carbons (Fsp3) is 0.308. The van der Waals surface area contributed by atoms with Crippen LogP contribution >= 0.6 is 0 Å². The Kier molecular flexibility index (Phi) is 2.86. The molecule has 2 rings (SSSR count). The molecule has 1 aliphatic heterocycles. The Labute approximate surface area is 90.0 Å². The van der Waals surface area contributed by atoms with Crippen molar-refractivity contribution in [2.75, 3.05) is 0 Å². The largest absolute Gasteiger partial charge is 0.381 e. The minimum absolute atomic E-state index is 0.152. The zero-order chi connectivity index (χ0) is 10.7. The van der Waals surface area contributed by atoms with Gasteiger partial charge in [0.05, 0.1) is 6.04 Å². The van der Waals surface area contributed by atoms with Gasteiger partial charge in [0.15, 0.2) is 5.78 Å². The van der Waals surface area contributed by atoms with Gasteiger partial charge in [0, 0.05) is 18.2 Å². The molecule has 0 spiro atoms. The predicted octanol–water partition coefficient (Wildman–Crippen LogP) is 2.58. The van der Waals surface area contributed by atoms with Gasteiger partial charge in [-0.2, -0.15) is 0 Å². The summed E-state index contributed by atoms with van der Waals surface area (Å²) in [4.78, 5) is 11.5. The lowest BCUT2D eigenvalue weighted by Crippen LogP contribution is -2.27. The maximum atomic E-state index is 11.5. The summed E-state index contributed by atoms with van der Waals surface area (Å²) in [5, 5.41) is 3.39. The van der Waals surface area contributed by atoms with Crippen molar-refractivity contribution in [3.63, 3.8) is 0 Å². The fourth-order valence-corrected chi connectivity index (χ4v) is 1.86. The van der Waals surface area contributed by atoms with E-state index in [1.807, 2.05) is 18.2 Å². The van der Waals surface area contributed by atoms with Crippen LogP contribution in [0.4, 0.5) is 0 Å². The van der Waals surface area contributed by atoms with Crippen LogP contribution in [0.3, 0.4) is 0 Å². The zero-order valence-corrected chi connectivity index (χ0v) is 8.86. The Balaban J connectivity index is 2.20. The van der Waals surface area contributed by atoms with Gasteiger partial charge in [0.2, 0.25) is 0 Å². The van der Waals surface area contributed by atoms with Crippen molar-refractivity contribution in [2.45, 2.75) is 25.8 Å². The summed E-state index contributed by atoms with van der Waals surface area (Å²) in [6.07, 6.45) is 3.17. The zero-order valence-electron chi connectivity index (χ0n) is 8.86. The van der Waals surface area contributed by atoms with E-state index in [0.29, 0.717) is 6.42 Å². The Morgan fingerprint density at radius 2 is 2.07 bits per heavy atom. The van der Waals surface area contributed by atoms with Gasteiger partial charge in [-0.1, -0.05) is 37.3 Å². The predicted molar refractivity (Wildman–Crippen MR) is 60.3 cm³/mol. The molecule has 0 saturated carbocycles. The van der Waals surface area contributed by atoms with Crippen molar-refractivity contribution in [1.82, 2.24) is 5.32 Å². The summed E-state index contributed by atoms with van der Waals surface area (Å²) in [6.45, 7) is 2.06. The number of carbonyl (C=O) groups is 1. The molecule has 15 heavy (non-hydrogen) atoms. The average molecular weight is 201 g/mol. The molecule has 1 heterocycles. The fourth-order valence-electron chi connectivity index (χ4n) is 1.86. The van der Waals surface area contributed by atoms with Gasteiger partial charge < -0.3 is 5.32 Å². The number of hydrogen-bond donors (Lipinski definition) is 1. The van der Waals surface area contributed by atoms with Crippen LogP contribution in [0.2, 0.25) is 0 Å². The van der Waals surface area contributed by atoms with Crippen LogP contribution in [0.1, 0.15) is 31.4 Å². The van der Waals surface area contributed by atoms with E-state index >= 15 is 0 Å². The van der Waals surface area contributed by atoms with E-state index in [1.54, 1.807) is 6.08 Å². The maximum absolute atomic E-state index is 11.5. The van der Waals surface area contributed by atoms with Gasteiger partial charge in [-0.05, 0) is 12.0 Å². The van der Waals surface area contributed by atoms with Crippen LogP contribution in [0.5, 0.6) is 0 Å². The van der Waals surface area contributed by atoms with Crippen molar-refractivity contribution < 1.29 is 4.79 Å². The third-order valence-electron chi connectivity index (χ3n) is 2.68. The minimum Gasteiger partial charge on any atom is -0.381 e. The van der Waals surface area contributed by atoms with Crippen LogP contribution in [0.25, 0.3) is 0 Å². The van der Waals surface area contributed by atoms with Crippen LogP contribution in [0, 0.1) is 0 Å². The van der Waals surface area contributed by atoms with Crippen molar-refractivity contribution in [3.05, 3.63) is 47.7 Å². The Morgan fingerprint density at radius 3 is 2.73 bits per heavy atom. The first kappa shape index (κ1) is 9.97. The monoisotopic (exact) mass is 201 g/mol. The SMILES string of the molecule is CCC1=CC(=O)C[C@@H](c2ccccc2)N1. The molecular weight excluding hydrogens is 186 g/mol. The summed E-state index contributed by atoms with van der Waals surface area (Å²) in [5.41, 5.74) is 2.23. The molecule has 1 N–H and O–H groups in total. The quantitative estimate of drug-likeness (QED) is 0.796. The molecule has 2 nitrogen and oxygen atoms in total. The smallest absolute Gasteiger partial charge is 0.159 e. The molecule has 0 unspecified atom stereocenters. The molecule has 1 aromatic carbocycles. The first-order valence-electron chi connectivity index (χ1n) is 5.34. The number of nitrogens with one attached hydrogen (secondary N) is 1. The third-order valence-corrected chi connectivity index (χ3v) is 2.68. The molecule has 0 bridgehead atoms. The lowest BCUT2D eigenvalue weighted by Gasteiger charge is -2.24. The Bertz CT molecular complexity index is 381. The van der Waals surface area contributed by atoms with Crippen LogP contribution in [0.15, 0.2) is 42.1 Å². The number of carbonyl (C=O) groups excluding carboxylic acids is 1. The number of rotatable bonds is 2. The van der Waals surface area contributed by atoms with Crippen LogP contribution in [-0.4, -0.2) is 5.78 Å². The molecule has 78 valence electrons. The molecule has 0 amide bonds. The van der Waals surface area contributed by atoms with E-state index in [9.17, 15) is 4.79 Å². The van der Waals surface area contributed by atoms with Crippen molar-refractivity contribution in [2.24, 2.45) is 0 Å². The number of hydrogen-bond acceptors (Lipinski definition) is 2. The highest BCUT2D eigenvalue weighted by Gasteiger charge is 2.19. The number of allylic oxidation sites excluding steroid dienone is 2. The van der Waals surface area contributed by atoms with Gasteiger partial charge in [0.25, 0.3) is 0 Å². The summed E-state index contributed by atoms with van der Waals surface area (Å²) < 4.78 is 0. The molecule has 0 radical (unpaired) electrons. The second-order valence-electron chi connectivity index (χ2n) is 3.80. The first-order chi connectivity index (χ1) is 7.29. The van der Waals surface area contributed by atoms with Gasteiger partial charge in [0.1, 0.15) is 0 Å². The Morgan fingerprint density at radius 1 is 1.33 bits per heavy atom. The van der Waals surface area contributed by atoms with E-state index in [4.69, 9.17) is 0 Å². The van der Waals surface area contributed by atoms with E-state index in [1.165, 1.54) is 5.56 Å². The van der Waals surface area contributed by atoms with Crippen LogP contribution < -0.4 is 5.32 Å². The lowest BCUT2D eigenvalue weighted by atomic mass is 9.97. The van der Waals surface area contributed by atoms with E-state index in [0.717, 1.165) is 12.1 Å². The summed E-state index contributed by atoms with van der Waals surface area (Å²) in [7, 11) is 0. The summed E-state index contributed by atoms with van der Waals surface area (Å²) in [5.74, 6) is 0.222. The van der Waals surface area contributed by atoms with Crippen LogP contribution in [-0.2, 0) is 4.79 Å². The number of ketones is 1. The molecule has 1 aliphatic rings. The van der Waals surface area contributed by atoms with Gasteiger partial charge in [-0.15, -0.1) is 0 Å². The molecule has 2 heteroatoms. The third kappa shape index (κ3) is 2.27. The molecule has 0 aliphatic carbocycles. The summed E-state index contributed by atoms with van der Waals surface area (Å²) in [6, 6.07) is 10.3. The lowest BCUT2D eigenvalue weighted by molar-refractivity contribution is -0.115. The highest BCUT2D eigenvalue weighted by atomic mass is 16.1. The minimum atomic E-state index is 0.152. The van der Waals surface area contributed by atoms with E-state index in [-0.39, 0.29) is 11.8 Å². The molecule has 1 atom stereocenters. The summed E-state index contributed by atoms with van der Waals surface area (Å²) >= 11 is 0. The van der Waals surface area contributed by atoms with Crippen molar-refractivity contribution >= 4 is 5.78 Å². The maximum Gasteiger partial charge on any atom is 0.159 e. The van der Waals surface area contributed by atoms with Crippen molar-refractivity contribution in [3.8, 4) is 0 Å². The molecule has 0 fully saturated rings. The normalized spacial score (nSPS) is 20.7. The molecular formula is C13H15NO. The highest BCUT2D eigenvalue weighted by molar-refractivity contribution is 5.91. The van der Waals surface area contributed by atoms with Crippen molar-refractivity contribution in [1.29, 1.82) is 0 Å². The average Bonchev–Trinajstić information content (AvgIpc) is 2.29. The second kappa shape index (κ2) is 4.30. The van der Waals surface area contributed by atoms with E-state index < -0.39 is 0 Å². The standard InChI is InChI=1S/C13H15NO/c1-2-11-8-12(15)9-13(14-11)10-6-4-3-5-7-10/h3-8,13-14H,2,9H2,1H3/t13-/m0/s1. The molecule has 0 saturated heterocycles. The van der Waals surface area contributed by atoms with Gasteiger partial charge >= 0.3 is 0 Å². The van der Waals surface area contributed by atoms with Gasteiger partial charge in [-0.3, -0.25) is 4.79 Å². The second-order valence-corrected chi connectivity index (χ2v) is 3.80. The highest BCUT2D eigenvalue weighted by Crippen LogP contribution is 2.22. The molecule has 0 aromatic heterocycles. The number of benzene rings is 1. The molecule has 1 aromatic rings. The van der Waals surface area contributed by atoms with E-state index in [2.05, 4.69) is 24.4 Å². The Hall–Kier alpha value is -1.57. The topological polar surface area (TPSA) is 29.1 Å². The van der Waals surface area contributed by atoms with Gasteiger partial charge in [-0.25, -0.2) is 0 Å².